The Morgan fingerprint density at radius 2 is 2.70 bits per heavy atom. The first-order valence-electron chi connectivity index (χ1n) is 5.48. The average Bonchev–Trinajstić information content (AvgIpc) is 1.97. The first-order valence-corrected chi connectivity index (χ1v) is 2.48. The lowest BCUT2D eigenvalue weighted by Gasteiger charge is -2.01. The fourth-order valence-electron chi connectivity index (χ4n) is 0.512. The minimum atomic E-state index is -2.80. The number of nitrogens with zero attached hydrogens (tertiary/aromatic N) is 1. The molecule has 1 N–H and O–H groups in total. The van der Waals surface area contributed by atoms with Gasteiger partial charge in [-0.15, -0.1) is 0 Å². The molecule has 0 saturated heterocycles. The van der Waals surface area contributed by atoms with Crippen molar-refractivity contribution in [2.75, 3.05) is 7.04 Å². The van der Waals surface area contributed by atoms with Gasteiger partial charge in [0.05, 0.1) is 23.0 Å². The highest BCUT2D eigenvalue weighted by Gasteiger charge is 1.98. The van der Waals surface area contributed by atoms with Crippen molar-refractivity contribution in [2.45, 2.75) is 6.85 Å². The largest absolute Gasteiger partial charge is 0.506 e. The number of methoxy groups -OCH3 is 1. The lowest BCUT2D eigenvalue weighted by Crippen LogP contribution is -1.88. The molecular weight excluding hydrogens is 130 g/mol. The molecule has 0 amide bonds. The molecule has 3 nitrogen and oxygen atoms in total. The number of rotatable bonds is 1. The standard InChI is InChI=1S/C7H9NO2/c1-5-7(10-2)3-6(9)4-8-5/h3-4,9H,1-2H3/i1D3,2D3. The SMILES string of the molecule is [2H]C([2H])([2H])Oc1cc(O)cnc1C([2H])([2H])[2H]. The lowest BCUT2D eigenvalue weighted by atomic mass is 10.3. The Morgan fingerprint density at radius 3 is 3.40 bits per heavy atom. The molecule has 0 aliphatic carbocycles. The van der Waals surface area contributed by atoms with Gasteiger partial charge in [-0.3, -0.25) is 4.98 Å². The second kappa shape index (κ2) is 2.56. The van der Waals surface area contributed by atoms with Crippen LogP contribution >= 0.6 is 0 Å². The molecule has 1 aromatic rings. The number of pyridine rings is 1. The smallest absolute Gasteiger partial charge is 0.143 e. The van der Waals surface area contributed by atoms with Crippen molar-refractivity contribution >= 4 is 0 Å². The molecule has 0 saturated carbocycles. The summed E-state index contributed by atoms with van der Waals surface area (Å²) in [5.41, 5.74) is -0.499. The van der Waals surface area contributed by atoms with E-state index in [0.717, 1.165) is 12.3 Å². The van der Waals surface area contributed by atoms with Crippen LogP contribution in [0.15, 0.2) is 12.3 Å². The van der Waals surface area contributed by atoms with E-state index in [4.69, 9.17) is 13.3 Å². The Labute approximate surface area is 67.7 Å². The maximum absolute atomic E-state index is 9.09. The zero-order chi connectivity index (χ0) is 12.6. The summed E-state index contributed by atoms with van der Waals surface area (Å²) < 4.78 is 46.4. The third-order valence-electron chi connectivity index (χ3n) is 0.948. The van der Waals surface area contributed by atoms with Crippen LogP contribution in [0.25, 0.3) is 0 Å². The molecule has 1 aromatic heterocycles. The molecule has 0 spiro atoms. The van der Waals surface area contributed by atoms with Gasteiger partial charge < -0.3 is 9.84 Å². The van der Waals surface area contributed by atoms with Crippen LogP contribution in [0.5, 0.6) is 11.5 Å². The van der Waals surface area contributed by atoms with E-state index in [-0.39, 0.29) is 5.75 Å². The van der Waals surface area contributed by atoms with Gasteiger partial charge in [0.2, 0.25) is 0 Å². The second-order valence-electron chi connectivity index (χ2n) is 1.64. The molecule has 0 unspecified atom stereocenters. The Morgan fingerprint density at radius 1 is 1.80 bits per heavy atom. The van der Waals surface area contributed by atoms with Gasteiger partial charge in [-0.2, -0.15) is 0 Å². The highest BCUT2D eigenvalue weighted by molar-refractivity contribution is 5.32. The molecule has 0 fully saturated rings. The van der Waals surface area contributed by atoms with Gasteiger partial charge in [0.1, 0.15) is 11.5 Å². The maximum Gasteiger partial charge on any atom is 0.143 e. The van der Waals surface area contributed by atoms with Gasteiger partial charge in [-0.05, 0) is 6.85 Å². The monoisotopic (exact) mass is 145 g/mol. The number of ether oxygens (including phenoxy) is 1. The predicted molar refractivity (Wildman–Crippen MR) is 37.2 cm³/mol. The van der Waals surface area contributed by atoms with E-state index in [9.17, 15) is 0 Å². The van der Waals surface area contributed by atoms with Crippen molar-refractivity contribution in [1.82, 2.24) is 4.98 Å². The predicted octanol–water partition coefficient (Wildman–Crippen LogP) is 1.10. The highest BCUT2D eigenvalue weighted by atomic mass is 16.5. The molecule has 0 atom stereocenters. The van der Waals surface area contributed by atoms with E-state index >= 15 is 0 Å². The molecule has 1 rings (SSSR count). The zero-order valence-electron chi connectivity index (χ0n) is 11.0. The van der Waals surface area contributed by atoms with E-state index in [0.29, 0.717) is 0 Å². The Balaban J connectivity index is 3.19. The molecule has 0 bridgehead atoms. The van der Waals surface area contributed by atoms with Crippen molar-refractivity contribution in [3.05, 3.63) is 18.0 Å². The normalized spacial score (nSPS) is 20.8. The molecule has 0 radical (unpaired) electrons. The van der Waals surface area contributed by atoms with Gasteiger partial charge >= 0.3 is 0 Å². The van der Waals surface area contributed by atoms with E-state index in [1.165, 1.54) is 0 Å². The number of aromatic hydroxyl groups is 1. The van der Waals surface area contributed by atoms with E-state index in [1.54, 1.807) is 0 Å². The van der Waals surface area contributed by atoms with Crippen LogP contribution in [0.1, 0.15) is 13.9 Å². The van der Waals surface area contributed by atoms with Crippen molar-refractivity contribution < 1.29 is 18.1 Å². The Bertz CT molecular complexity index is 385. The van der Waals surface area contributed by atoms with Crippen molar-refractivity contribution in [3.8, 4) is 11.5 Å². The fraction of sp³-hybridized carbons (Fsp3) is 0.286. The van der Waals surface area contributed by atoms with Gasteiger partial charge in [0.15, 0.2) is 0 Å². The molecule has 0 aromatic carbocycles. The van der Waals surface area contributed by atoms with Crippen LogP contribution in [0.3, 0.4) is 0 Å². The summed E-state index contributed by atoms with van der Waals surface area (Å²) in [7, 11) is -2.80. The Hall–Kier alpha value is -1.25. The van der Waals surface area contributed by atoms with Gasteiger partial charge in [0, 0.05) is 10.2 Å². The summed E-state index contributed by atoms with van der Waals surface area (Å²) in [6.45, 7) is -2.60. The number of hydrogen-bond acceptors (Lipinski definition) is 3. The summed E-state index contributed by atoms with van der Waals surface area (Å²) >= 11 is 0. The van der Waals surface area contributed by atoms with E-state index in [1.807, 2.05) is 0 Å². The van der Waals surface area contributed by atoms with Crippen LogP contribution in [-0.2, 0) is 0 Å². The molecule has 10 heavy (non-hydrogen) atoms. The van der Waals surface area contributed by atoms with Crippen LogP contribution in [0, 0.1) is 6.85 Å². The molecule has 54 valence electrons. The van der Waals surface area contributed by atoms with Crippen LogP contribution < -0.4 is 4.74 Å². The second-order valence-corrected chi connectivity index (χ2v) is 1.64. The summed E-state index contributed by atoms with van der Waals surface area (Å²) in [5, 5.41) is 9.09. The van der Waals surface area contributed by atoms with E-state index in [2.05, 4.69) is 9.72 Å². The first kappa shape index (κ1) is 2.42. The van der Waals surface area contributed by atoms with Crippen molar-refractivity contribution in [2.24, 2.45) is 0 Å². The maximum atomic E-state index is 9.09. The number of hydrogen-bond donors (Lipinski definition) is 1. The number of aromatic nitrogens is 1. The fourth-order valence-corrected chi connectivity index (χ4v) is 0.512. The van der Waals surface area contributed by atoms with Gasteiger partial charge in [-0.25, -0.2) is 0 Å². The van der Waals surface area contributed by atoms with Crippen molar-refractivity contribution in [3.63, 3.8) is 0 Å². The molecular formula is C7H9NO2. The van der Waals surface area contributed by atoms with Gasteiger partial charge in [0.25, 0.3) is 0 Å². The van der Waals surface area contributed by atoms with Crippen LogP contribution in [0.4, 0.5) is 0 Å². The topological polar surface area (TPSA) is 42.4 Å². The molecule has 0 aliphatic heterocycles. The van der Waals surface area contributed by atoms with Crippen molar-refractivity contribution in [1.29, 1.82) is 0 Å². The summed E-state index contributed by atoms with van der Waals surface area (Å²) in [5.74, 6) is -0.841. The summed E-state index contributed by atoms with van der Waals surface area (Å²) in [4.78, 5) is 3.45. The number of aryl methyl sites for hydroxylation is 1. The third-order valence-corrected chi connectivity index (χ3v) is 0.948. The molecule has 0 aliphatic rings. The van der Waals surface area contributed by atoms with E-state index < -0.39 is 25.3 Å². The summed E-state index contributed by atoms with van der Waals surface area (Å²) in [6.07, 6.45) is 0.911. The van der Waals surface area contributed by atoms with Gasteiger partial charge in [-0.1, -0.05) is 0 Å². The summed E-state index contributed by atoms with van der Waals surface area (Å²) in [6, 6.07) is 0.904. The molecule has 3 heteroatoms. The zero-order valence-corrected chi connectivity index (χ0v) is 4.96. The molecule has 1 heterocycles. The first-order chi connectivity index (χ1) is 7.09. The highest BCUT2D eigenvalue weighted by Crippen LogP contribution is 2.19. The van der Waals surface area contributed by atoms with Crippen LogP contribution in [0.2, 0.25) is 0 Å². The Kier molecular flexibility index (Phi) is 0.618. The van der Waals surface area contributed by atoms with Crippen LogP contribution in [-0.4, -0.2) is 17.1 Å². The minimum absolute atomic E-state index is 0.368. The minimum Gasteiger partial charge on any atom is -0.506 e. The lowest BCUT2D eigenvalue weighted by molar-refractivity contribution is 0.401. The third kappa shape index (κ3) is 1.18. The quantitative estimate of drug-likeness (QED) is 0.643. The average molecular weight is 145 g/mol.